The van der Waals surface area contributed by atoms with Gasteiger partial charge in [-0.15, -0.1) is 0 Å². The highest BCUT2D eigenvalue weighted by molar-refractivity contribution is 6.30. The largest absolute Gasteiger partial charge is 0.493 e. The van der Waals surface area contributed by atoms with Gasteiger partial charge in [0.05, 0.1) is 12.0 Å². The van der Waals surface area contributed by atoms with Gasteiger partial charge >= 0.3 is 5.97 Å². The van der Waals surface area contributed by atoms with Crippen LogP contribution in [0.15, 0.2) is 12.1 Å². The fraction of sp³-hybridized carbons (Fsp3) is 0.588. The molecule has 1 fully saturated rings. The molecule has 0 radical (unpaired) electrons. The maximum absolute atomic E-state index is 11.9. The number of carbonyl (C=O) groups is 1. The maximum atomic E-state index is 11.9. The van der Waals surface area contributed by atoms with Gasteiger partial charge in [0.25, 0.3) is 0 Å². The first-order valence-corrected chi connectivity index (χ1v) is 8.16. The van der Waals surface area contributed by atoms with Crippen LogP contribution in [0.1, 0.15) is 49.7 Å². The molecule has 21 heavy (non-hydrogen) atoms. The number of benzene rings is 1. The molecule has 0 aromatic heterocycles. The third kappa shape index (κ3) is 2.89. The molecule has 1 aromatic rings. The molecule has 0 saturated heterocycles. The molecule has 0 amide bonds. The lowest BCUT2D eigenvalue weighted by Gasteiger charge is -2.28. The highest BCUT2D eigenvalue weighted by Crippen LogP contribution is 2.42. The van der Waals surface area contributed by atoms with Crippen molar-refractivity contribution in [1.29, 1.82) is 0 Å². The lowest BCUT2D eigenvalue weighted by Crippen LogP contribution is -2.33. The van der Waals surface area contributed by atoms with Gasteiger partial charge in [0.15, 0.2) is 0 Å². The average molecular weight is 309 g/mol. The molecule has 1 N–H and O–H groups in total. The van der Waals surface area contributed by atoms with E-state index in [1.165, 1.54) is 0 Å². The fourth-order valence-electron chi connectivity index (χ4n) is 3.71. The molecular formula is C17H21ClO3. The summed E-state index contributed by atoms with van der Waals surface area (Å²) in [4.78, 5) is 11.9. The highest BCUT2D eigenvalue weighted by atomic mass is 35.5. The van der Waals surface area contributed by atoms with E-state index in [0.29, 0.717) is 18.1 Å². The molecule has 0 bridgehead atoms. The van der Waals surface area contributed by atoms with Gasteiger partial charge in [-0.3, -0.25) is 4.79 Å². The van der Waals surface area contributed by atoms with Crippen LogP contribution in [0.3, 0.4) is 0 Å². The second-order valence-corrected chi connectivity index (χ2v) is 6.76. The number of rotatable bonds is 3. The van der Waals surface area contributed by atoms with Crippen LogP contribution in [0.2, 0.25) is 5.02 Å². The van der Waals surface area contributed by atoms with E-state index in [4.69, 9.17) is 16.3 Å². The molecule has 1 saturated carbocycles. The number of fused-ring (bicyclic) bond motifs is 1. The van der Waals surface area contributed by atoms with Crippen molar-refractivity contribution < 1.29 is 14.6 Å². The monoisotopic (exact) mass is 308 g/mol. The van der Waals surface area contributed by atoms with Gasteiger partial charge in [-0.05, 0) is 42.5 Å². The first kappa shape index (κ1) is 14.7. The zero-order valence-corrected chi connectivity index (χ0v) is 12.9. The van der Waals surface area contributed by atoms with E-state index in [2.05, 4.69) is 0 Å². The summed E-state index contributed by atoms with van der Waals surface area (Å²) < 4.78 is 5.73. The Labute approximate surface area is 130 Å². The molecule has 114 valence electrons. The van der Waals surface area contributed by atoms with Gasteiger partial charge < -0.3 is 9.84 Å². The molecule has 4 heteroatoms. The van der Waals surface area contributed by atoms with Crippen LogP contribution in [0, 0.1) is 5.41 Å². The number of carboxylic acid groups (broad SMARTS) is 1. The van der Waals surface area contributed by atoms with Crippen molar-refractivity contribution in [1.82, 2.24) is 0 Å². The number of ether oxygens (including phenoxy) is 1. The maximum Gasteiger partial charge on any atom is 0.309 e. The summed E-state index contributed by atoms with van der Waals surface area (Å²) in [5, 5.41) is 10.5. The Hall–Kier alpha value is -1.22. The van der Waals surface area contributed by atoms with Crippen molar-refractivity contribution in [3.63, 3.8) is 0 Å². The summed E-state index contributed by atoms with van der Waals surface area (Å²) in [5.41, 5.74) is 1.44. The van der Waals surface area contributed by atoms with Gasteiger partial charge in [-0.2, -0.15) is 0 Å². The van der Waals surface area contributed by atoms with E-state index in [1.54, 1.807) is 0 Å². The Bertz CT molecular complexity index is 545. The first-order valence-electron chi connectivity index (χ1n) is 7.78. The minimum Gasteiger partial charge on any atom is -0.493 e. The number of aliphatic carboxylic acids is 1. The predicted molar refractivity (Wildman–Crippen MR) is 82.1 cm³/mol. The van der Waals surface area contributed by atoms with Crippen LogP contribution in [-0.2, 0) is 17.6 Å². The molecule has 0 unspecified atom stereocenters. The summed E-state index contributed by atoms with van der Waals surface area (Å²) in [6.07, 6.45) is 7.17. The van der Waals surface area contributed by atoms with E-state index in [9.17, 15) is 9.90 Å². The van der Waals surface area contributed by atoms with Crippen LogP contribution < -0.4 is 4.74 Å². The number of hydrogen-bond donors (Lipinski definition) is 1. The third-order valence-corrected chi connectivity index (χ3v) is 5.09. The zero-order chi connectivity index (χ0) is 14.9. The lowest BCUT2D eigenvalue weighted by atomic mass is 9.75. The Morgan fingerprint density at radius 3 is 2.62 bits per heavy atom. The first-order chi connectivity index (χ1) is 10.1. The minimum absolute atomic E-state index is 0.533. The summed E-state index contributed by atoms with van der Waals surface area (Å²) in [6.45, 7) is 0.669. The van der Waals surface area contributed by atoms with E-state index >= 15 is 0 Å². The van der Waals surface area contributed by atoms with E-state index in [0.717, 1.165) is 61.8 Å². The van der Waals surface area contributed by atoms with Gasteiger partial charge in [-0.1, -0.05) is 37.3 Å². The van der Waals surface area contributed by atoms with Crippen LogP contribution >= 0.6 is 11.6 Å². The summed E-state index contributed by atoms with van der Waals surface area (Å²) in [5.74, 6) is 0.209. The minimum atomic E-state index is -0.670. The van der Waals surface area contributed by atoms with E-state index < -0.39 is 11.4 Å². The molecule has 1 aliphatic heterocycles. The molecular weight excluding hydrogens is 288 g/mol. The Morgan fingerprint density at radius 1 is 1.24 bits per heavy atom. The van der Waals surface area contributed by atoms with Crippen molar-refractivity contribution in [2.75, 3.05) is 6.61 Å². The third-order valence-electron chi connectivity index (χ3n) is 4.87. The smallest absolute Gasteiger partial charge is 0.309 e. The highest BCUT2D eigenvalue weighted by Gasteiger charge is 2.40. The summed E-state index contributed by atoms with van der Waals surface area (Å²) in [7, 11) is 0. The molecule has 3 rings (SSSR count). The Morgan fingerprint density at radius 2 is 1.95 bits per heavy atom. The number of halogens is 1. The standard InChI is InChI=1S/C17H21ClO3/c18-14-9-12-5-8-21-15(12)13(10-14)11-17(16(19)20)6-3-1-2-4-7-17/h9-10H,1-8,11H2,(H,19,20). The van der Waals surface area contributed by atoms with Gasteiger partial charge in [0.1, 0.15) is 5.75 Å². The molecule has 2 aliphatic rings. The van der Waals surface area contributed by atoms with Crippen LogP contribution in [-0.4, -0.2) is 17.7 Å². The van der Waals surface area contributed by atoms with Gasteiger partial charge in [0.2, 0.25) is 0 Å². The van der Waals surface area contributed by atoms with Crippen LogP contribution in [0.4, 0.5) is 0 Å². The molecule has 1 aliphatic carbocycles. The second-order valence-electron chi connectivity index (χ2n) is 6.33. The second kappa shape index (κ2) is 5.88. The average Bonchev–Trinajstić information content (AvgIpc) is 2.77. The summed E-state index contributed by atoms with van der Waals surface area (Å²) >= 11 is 6.20. The van der Waals surface area contributed by atoms with Crippen molar-refractivity contribution in [3.8, 4) is 5.75 Å². The zero-order valence-electron chi connectivity index (χ0n) is 12.2. The fourth-order valence-corrected chi connectivity index (χ4v) is 3.98. The van der Waals surface area contributed by atoms with E-state index in [1.807, 2.05) is 12.1 Å². The van der Waals surface area contributed by atoms with Crippen LogP contribution in [0.5, 0.6) is 5.75 Å². The van der Waals surface area contributed by atoms with Crippen molar-refractivity contribution >= 4 is 17.6 Å². The number of hydrogen-bond acceptors (Lipinski definition) is 2. The van der Waals surface area contributed by atoms with E-state index in [-0.39, 0.29) is 0 Å². The van der Waals surface area contributed by atoms with Crippen molar-refractivity contribution in [2.45, 2.75) is 51.4 Å². The summed E-state index contributed by atoms with van der Waals surface area (Å²) in [6, 6.07) is 3.83. The van der Waals surface area contributed by atoms with Gasteiger partial charge in [-0.25, -0.2) is 0 Å². The SMILES string of the molecule is O=C(O)C1(Cc2cc(Cl)cc3c2OCC3)CCCCCC1. The predicted octanol–water partition coefficient (Wildman–Crippen LogP) is 4.24. The molecule has 0 spiro atoms. The topological polar surface area (TPSA) is 46.5 Å². The molecule has 0 atom stereocenters. The quantitative estimate of drug-likeness (QED) is 0.849. The number of carboxylic acids is 1. The van der Waals surface area contributed by atoms with Gasteiger partial charge in [0, 0.05) is 11.4 Å². The lowest BCUT2D eigenvalue weighted by molar-refractivity contribution is -0.149. The van der Waals surface area contributed by atoms with Crippen LogP contribution in [0.25, 0.3) is 0 Å². The van der Waals surface area contributed by atoms with Crippen molar-refractivity contribution in [3.05, 3.63) is 28.3 Å². The Balaban J connectivity index is 1.95. The molecule has 3 nitrogen and oxygen atoms in total. The Kier molecular flexibility index (Phi) is 4.12. The van der Waals surface area contributed by atoms with Crippen molar-refractivity contribution in [2.24, 2.45) is 5.41 Å². The molecule has 1 heterocycles. The normalized spacial score (nSPS) is 20.4. The molecule has 1 aromatic carbocycles.